The van der Waals surface area contributed by atoms with Crippen LogP contribution in [0.3, 0.4) is 0 Å². The summed E-state index contributed by atoms with van der Waals surface area (Å²) in [5.41, 5.74) is 3.51. The number of non-ortho nitro benzene ring substituents is 1. The standard InChI is InChI=1S/C22H20N2O3/c1-16-6-5-9-19(14-16)23-21(15-22(25)18-7-3-2-4-8-18)17-10-12-20(13-11-17)24(26)27/h2-14,21,23H,15H2,1H3. The van der Waals surface area contributed by atoms with Gasteiger partial charge < -0.3 is 5.32 Å². The number of Topliss-reactive ketones (excluding diaryl/α,β-unsaturated/α-hetero) is 1. The molecule has 3 aromatic rings. The zero-order chi connectivity index (χ0) is 19.2. The van der Waals surface area contributed by atoms with Crippen molar-refractivity contribution in [2.75, 3.05) is 5.32 Å². The Bertz CT molecular complexity index is 937. The molecule has 1 N–H and O–H groups in total. The van der Waals surface area contributed by atoms with Gasteiger partial charge in [0.05, 0.1) is 11.0 Å². The number of nitrogens with zero attached hydrogens (tertiary/aromatic N) is 1. The van der Waals surface area contributed by atoms with Gasteiger partial charge in [-0.1, -0.05) is 54.6 Å². The molecule has 0 aliphatic rings. The molecule has 0 radical (unpaired) electrons. The Labute approximate surface area is 157 Å². The van der Waals surface area contributed by atoms with Gasteiger partial charge >= 0.3 is 0 Å². The fourth-order valence-electron chi connectivity index (χ4n) is 2.94. The van der Waals surface area contributed by atoms with Crippen LogP contribution in [0.1, 0.15) is 33.9 Å². The monoisotopic (exact) mass is 360 g/mol. The number of nitro groups is 1. The first-order chi connectivity index (χ1) is 13.0. The van der Waals surface area contributed by atoms with E-state index in [-0.39, 0.29) is 23.9 Å². The predicted molar refractivity (Wildman–Crippen MR) is 106 cm³/mol. The maximum atomic E-state index is 12.7. The summed E-state index contributed by atoms with van der Waals surface area (Å²) >= 11 is 0. The molecule has 0 aliphatic heterocycles. The van der Waals surface area contributed by atoms with Crippen LogP contribution in [0.15, 0.2) is 78.9 Å². The highest BCUT2D eigenvalue weighted by atomic mass is 16.6. The molecule has 136 valence electrons. The number of rotatable bonds is 7. The smallest absolute Gasteiger partial charge is 0.269 e. The van der Waals surface area contributed by atoms with Crippen LogP contribution in [-0.2, 0) is 0 Å². The van der Waals surface area contributed by atoms with Crippen LogP contribution in [0, 0.1) is 17.0 Å². The van der Waals surface area contributed by atoms with Crippen LogP contribution in [0.4, 0.5) is 11.4 Å². The van der Waals surface area contributed by atoms with E-state index in [0.717, 1.165) is 16.8 Å². The first-order valence-corrected chi connectivity index (χ1v) is 8.69. The number of carbonyl (C=O) groups is 1. The third-order valence-corrected chi connectivity index (χ3v) is 4.35. The highest BCUT2D eigenvalue weighted by Crippen LogP contribution is 2.26. The van der Waals surface area contributed by atoms with Crippen LogP contribution >= 0.6 is 0 Å². The van der Waals surface area contributed by atoms with Crippen molar-refractivity contribution in [1.82, 2.24) is 0 Å². The van der Waals surface area contributed by atoms with Gasteiger partial charge in [-0.25, -0.2) is 0 Å². The lowest BCUT2D eigenvalue weighted by Gasteiger charge is -2.20. The second-order valence-corrected chi connectivity index (χ2v) is 6.41. The molecule has 3 rings (SSSR count). The van der Waals surface area contributed by atoms with Crippen LogP contribution in [0.2, 0.25) is 0 Å². The maximum absolute atomic E-state index is 12.7. The first-order valence-electron chi connectivity index (χ1n) is 8.69. The minimum absolute atomic E-state index is 0.0131. The topological polar surface area (TPSA) is 72.2 Å². The third-order valence-electron chi connectivity index (χ3n) is 4.35. The Hall–Kier alpha value is -3.47. The molecule has 1 unspecified atom stereocenters. The molecule has 0 heterocycles. The van der Waals surface area contributed by atoms with Crippen LogP contribution < -0.4 is 5.32 Å². The molecule has 0 amide bonds. The SMILES string of the molecule is Cc1cccc(NC(CC(=O)c2ccccc2)c2ccc([N+](=O)[O-])cc2)c1. The van der Waals surface area contributed by atoms with Gasteiger partial charge in [0.15, 0.2) is 5.78 Å². The Balaban J connectivity index is 1.88. The third kappa shape index (κ3) is 4.79. The lowest BCUT2D eigenvalue weighted by molar-refractivity contribution is -0.384. The lowest BCUT2D eigenvalue weighted by atomic mass is 9.97. The number of hydrogen-bond donors (Lipinski definition) is 1. The van der Waals surface area contributed by atoms with Gasteiger partial charge in [-0.05, 0) is 30.2 Å². The summed E-state index contributed by atoms with van der Waals surface area (Å²) in [5, 5.41) is 14.3. The fraction of sp³-hybridized carbons (Fsp3) is 0.136. The number of nitro benzene ring substituents is 1. The zero-order valence-electron chi connectivity index (χ0n) is 15.0. The Morgan fingerprint density at radius 3 is 2.33 bits per heavy atom. The summed E-state index contributed by atoms with van der Waals surface area (Å²) in [7, 11) is 0. The van der Waals surface area contributed by atoms with Crippen molar-refractivity contribution in [3.63, 3.8) is 0 Å². The van der Waals surface area contributed by atoms with E-state index in [0.29, 0.717) is 5.56 Å². The van der Waals surface area contributed by atoms with Crippen LogP contribution in [0.25, 0.3) is 0 Å². The second kappa shape index (κ2) is 8.27. The Kier molecular flexibility index (Phi) is 5.61. The van der Waals surface area contributed by atoms with Crippen molar-refractivity contribution in [3.8, 4) is 0 Å². The Morgan fingerprint density at radius 1 is 1.00 bits per heavy atom. The van der Waals surface area contributed by atoms with E-state index >= 15 is 0 Å². The summed E-state index contributed by atoms with van der Waals surface area (Å²) in [4.78, 5) is 23.2. The molecule has 0 saturated heterocycles. The normalized spacial score (nSPS) is 11.6. The van der Waals surface area contributed by atoms with Crippen molar-refractivity contribution in [1.29, 1.82) is 0 Å². The van der Waals surface area contributed by atoms with Gasteiger partial charge in [0.1, 0.15) is 0 Å². The van der Waals surface area contributed by atoms with Crippen molar-refractivity contribution >= 4 is 17.2 Å². The van der Waals surface area contributed by atoms with E-state index in [1.165, 1.54) is 12.1 Å². The molecule has 0 spiro atoms. The van der Waals surface area contributed by atoms with Gasteiger partial charge in [0.25, 0.3) is 5.69 Å². The van der Waals surface area contributed by atoms with E-state index in [1.54, 1.807) is 24.3 Å². The summed E-state index contributed by atoms with van der Waals surface area (Å²) in [6.07, 6.45) is 0.246. The van der Waals surface area contributed by atoms with E-state index in [1.807, 2.05) is 49.4 Å². The molecule has 3 aromatic carbocycles. The molecular formula is C22H20N2O3. The number of ketones is 1. The number of aryl methyl sites for hydroxylation is 1. The molecule has 0 aromatic heterocycles. The largest absolute Gasteiger partial charge is 0.378 e. The van der Waals surface area contributed by atoms with Crippen LogP contribution in [0.5, 0.6) is 0 Å². The number of nitrogens with one attached hydrogen (secondary N) is 1. The minimum Gasteiger partial charge on any atom is -0.378 e. The molecule has 5 nitrogen and oxygen atoms in total. The number of hydrogen-bond acceptors (Lipinski definition) is 4. The van der Waals surface area contributed by atoms with Gasteiger partial charge in [-0.3, -0.25) is 14.9 Å². The van der Waals surface area contributed by atoms with Gasteiger partial charge in [0, 0.05) is 29.8 Å². The number of benzene rings is 3. The van der Waals surface area contributed by atoms with Crippen molar-refractivity contribution < 1.29 is 9.72 Å². The maximum Gasteiger partial charge on any atom is 0.269 e. The summed E-state index contributed by atoms with van der Waals surface area (Å²) < 4.78 is 0. The van der Waals surface area contributed by atoms with Crippen LogP contribution in [-0.4, -0.2) is 10.7 Å². The highest BCUT2D eigenvalue weighted by Gasteiger charge is 2.18. The fourth-order valence-corrected chi connectivity index (χ4v) is 2.94. The van der Waals surface area contributed by atoms with Gasteiger partial charge in [0.2, 0.25) is 0 Å². The second-order valence-electron chi connectivity index (χ2n) is 6.41. The average Bonchev–Trinajstić information content (AvgIpc) is 2.68. The minimum atomic E-state index is -0.429. The average molecular weight is 360 g/mol. The van der Waals surface area contributed by atoms with Gasteiger partial charge in [-0.15, -0.1) is 0 Å². The van der Waals surface area contributed by atoms with Crippen molar-refractivity contribution in [2.24, 2.45) is 0 Å². The number of anilines is 1. The van der Waals surface area contributed by atoms with E-state index < -0.39 is 4.92 Å². The molecule has 0 aliphatic carbocycles. The summed E-state index contributed by atoms with van der Waals surface area (Å²) in [6.45, 7) is 2.00. The Morgan fingerprint density at radius 2 is 1.70 bits per heavy atom. The number of carbonyl (C=O) groups excluding carboxylic acids is 1. The summed E-state index contributed by atoms with van der Waals surface area (Å²) in [6, 6.07) is 23.1. The van der Waals surface area contributed by atoms with E-state index in [4.69, 9.17) is 0 Å². The van der Waals surface area contributed by atoms with E-state index in [2.05, 4.69) is 5.32 Å². The molecule has 1 atom stereocenters. The zero-order valence-corrected chi connectivity index (χ0v) is 15.0. The lowest BCUT2D eigenvalue weighted by Crippen LogP contribution is -2.16. The van der Waals surface area contributed by atoms with Crippen molar-refractivity contribution in [3.05, 3.63) is 106 Å². The molecule has 0 saturated carbocycles. The van der Waals surface area contributed by atoms with Gasteiger partial charge in [-0.2, -0.15) is 0 Å². The van der Waals surface area contributed by atoms with E-state index in [9.17, 15) is 14.9 Å². The molecule has 0 fully saturated rings. The summed E-state index contributed by atoms with van der Waals surface area (Å²) in [5.74, 6) is 0.0131. The molecule has 0 bridgehead atoms. The first kappa shape index (κ1) is 18.3. The predicted octanol–water partition coefficient (Wildman–Crippen LogP) is 5.33. The van der Waals surface area contributed by atoms with Crippen molar-refractivity contribution in [2.45, 2.75) is 19.4 Å². The molecule has 5 heteroatoms. The molecular weight excluding hydrogens is 340 g/mol. The quantitative estimate of drug-likeness (QED) is 0.351. The highest BCUT2D eigenvalue weighted by molar-refractivity contribution is 5.96. The molecule has 27 heavy (non-hydrogen) atoms.